The second-order valence-corrected chi connectivity index (χ2v) is 4.28. The summed E-state index contributed by atoms with van der Waals surface area (Å²) in [5.41, 5.74) is 1.26. The fourth-order valence-electron chi connectivity index (χ4n) is 1.12. The van der Waals surface area contributed by atoms with E-state index in [9.17, 15) is 0 Å². The first-order valence-electron chi connectivity index (χ1n) is 4.32. The van der Waals surface area contributed by atoms with Crippen molar-refractivity contribution in [3.05, 3.63) is 17.0 Å². The van der Waals surface area contributed by atoms with Crippen LogP contribution in [0.5, 0.6) is 0 Å². The van der Waals surface area contributed by atoms with Crippen molar-refractivity contribution in [2.45, 2.75) is 6.92 Å². The van der Waals surface area contributed by atoms with Gasteiger partial charge in [0.15, 0.2) is 5.82 Å². The fourth-order valence-corrected chi connectivity index (χ4v) is 1.96. The molecule has 1 N–H and O–H groups in total. The molecule has 2 heterocycles. The van der Waals surface area contributed by atoms with Gasteiger partial charge in [0, 0.05) is 14.1 Å². The van der Waals surface area contributed by atoms with E-state index in [1.807, 2.05) is 19.0 Å². The highest BCUT2D eigenvalue weighted by Crippen LogP contribution is 2.24. The molecule has 0 fully saturated rings. The van der Waals surface area contributed by atoms with E-state index < -0.39 is 0 Å². The lowest BCUT2D eigenvalue weighted by molar-refractivity contribution is 0.999. The molecule has 0 bridgehead atoms. The number of aryl methyl sites for hydroxylation is 1. The van der Waals surface area contributed by atoms with E-state index in [1.165, 1.54) is 5.56 Å². The Morgan fingerprint density at radius 3 is 2.71 bits per heavy atom. The van der Waals surface area contributed by atoms with Crippen molar-refractivity contribution < 1.29 is 0 Å². The molecule has 0 unspecified atom stereocenters. The minimum atomic E-state index is 0.714. The van der Waals surface area contributed by atoms with Crippen LogP contribution in [0.3, 0.4) is 0 Å². The number of aromatic amines is 1. The first-order chi connectivity index (χ1) is 6.66. The Hall–Kier alpha value is -1.36. The molecule has 5 heteroatoms. The summed E-state index contributed by atoms with van der Waals surface area (Å²) < 4.78 is 0. The predicted octanol–water partition coefficient (Wildman–Crippen LogP) is 1.91. The van der Waals surface area contributed by atoms with Crippen LogP contribution in [-0.2, 0) is 0 Å². The molecular formula is C9H12N4S. The number of nitrogens with zero attached hydrogens (tertiary/aromatic N) is 3. The van der Waals surface area contributed by atoms with Gasteiger partial charge in [0.05, 0.1) is 4.88 Å². The molecule has 4 nitrogen and oxygen atoms in total. The molecule has 0 atom stereocenters. The van der Waals surface area contributed by atoms with E-state index >= 15 is 0 Å². The molecule has 74 valence electrons. The average molecular weight is 208 g/mol. The number of anilines is 1. The van der Waals surface area contributed by atoms with Crippen LogP contribution in [0.25, 0.3) is 10.7 Å². The number of H-pyrrole nitrogens is 1. The van der Waals surface area contributed by atoms with Gasteiger partial charge in [-0.2, -0.15) is 4.98 Å². The SMILES string of the molecule is Cc1csc(-c2nc(N(C)C)n[nH]2)c1. The normalized spacial score (nSPS) is 10.5. The molecule has 0 amide bonds. The summed E-state index contributed by atoms with van der Waals surface area (Å²) in [6.07, 6.45) is 0. The van der Waals surface area contributed by atoms with Crippen LogP contribution in [0.2, 0.25) is 0 Å². The monoisotopic (exact) mass is 208 g/mol. The van der Waals surface area contributed by atoms with Gasteiger partial charge >= 0.3 is 0 Å². The first kappa shape index (κ1) is 9.21. The van der Waals surface area contributed by atoms with Gasteiger partial charge in [0.2, 0.25) is 5.95 Å². The maximum Gasteiger partial charge on any atom is 0.244 e. The topological polar surface area (TPSA) is 44.8 Å². The predicted molar refractivity (Wildman–Crippen MR) is 58.8 cm³/mol. The van der Waals surface area contributed by atoms with Crippen LogP contribution < -0.4 is 4.90 Å². The van der Waals surface area contributed by atoms with Gasteiger partial charge in [-0.3, -0.25) is 5.10 Å². The highest BCUT2D eigenvalue weighted by Gasteiger charge is 2.07. The van der Waals surface area contributed by atoms with Crippen LogP contribution in [0.1, 0.15) is 5.56 Å². The van der Waals surface area contributed by atoms with E-state index in [0.717, 1.165) is 10.7 Å². The molecule has 0 aliphatic carbocycles. The van der Waals surface area contributed by atoms with Crippen LogP contribution in [-0.4, -0.2) is 29.3 Å². The van der Waals surface area contributed by atoms with E-state index in [1.54, 1.807) is 11.3 Å². The summed E-state index contributed by atoms with van der Waals surface area (Å²) in [5, 5.41) is 9.13. The Balaban J connectivity index is 2.33. The molecule has 0 saturated heterocycles. The van der Waals surface area contributed by atoms with Crippen LogP contribution >= 0.6 is 11.3 Å². The lowest BCUT2D eigenvalue weighted by atomic mass is 10.3. The quantitative estimate of drug-likeness (QED) is 0.820. The van der Waals surface area contributed by atoms with Crippen LogP contribution in [0, 0.1) is 6.92 Å². The van der Waals surface area contributed by atoms with Gasteiger partial charge in [0.1, 0.15) is 0 Å². The largest absolute Gasteiger partial charge is 0.346 e. The summed E-state index contributed by atoms with van der Waals surface area (Å²) in [4.78, 5) is 7.37. The summed E-state index contributed by atoms with van der Waals surface area (Å²) in [6, 6.07) is 2.10. The third-order valence-electron chi connectivity index (χ3n) is 1.84. The van der Waals surface area contributed by atoms with Crippen molar-refractivity contribution >= 4 is 17.3 Å². The minimum absolute atomic E-state index is 0.714. The Labute approximate surface area is 86.6 Å². The van der Waals surface area contributed by atoms with Gasteiger partial charge in [-0.1, -0.05) is 0 Å². The zero-order valence-electron chi connectivity index (χ0n) is 8.40. The van der Waals surface area contributed by atoms with Crippen molar-refractivity contribution in [2.75, 3.05) is 19.0 Å². The number of nitrogens with one attached hydrogen (secondary N) is 1. The lowest BCUT2D eigenvalue weighted by Crippen LogP contribution is -2.10. The maximum absolute atomic E-state index is 4.36. The molecule has 2 aromatic heterocycles. The molecule has 2 aromatic rings. The number of aromatic nitrogens is 3. The Kier molecular flexibility index (Phi) is 2.25. The van der Waals surface area contributed by atoms with Crippen molar-refractivity contribution in [2.24, 2.45) is 0 Å². The van der Waals surface area contributed by atoms with Crippen molar-refractivity contribution in [3.8, 4) is 10.7 Å². The Bertz CT molecular complexity index is 429. The molecule has 2 rings (SSSR count). The average Bonchev–Trinajstić information content (AvgIpc) is 2.70. The van der Waals surface area contributed by atoms with E-state index in [4.69, 9.17) is 0 Å². The lowest BCUT2D eigenvalue weighted by Gasteiger charge is -2.03. The van der Waals surface area contributed by atoms with E-state index in [2.05, 4.69) is 33.6 Å². The number of hydrogen-bond donors (Lipinski definition) is 1. The number of rotatable bonds is 2. The summed E-state index contributed by atoms with van der Waals surface area (Å²) in [6.45, 7) is 2.07. The summed E-state index contributed by atoms with van der Waals surface area (Å²) >= 11 is 1.68. The van der Waals surface area contributed by atoms with Gasteiger partial charge in [-0.15, -0.1) is 16.4 Å². The standard InChI is InChI=1S/C9H12N4S/c1-6-4-7(14-5-6)8-10-9(12-11-8)13(2)3/h4-5H,1-3H3,(H,10,11,12). The first-order valence-corrected chi connectivity index (χ1v) is 5.20. The zero-order valence-corrected chi connectivity index (χ0v) is 9.22. The second-order valence-electron chi connectivity index (χ2n) is 3.37. The van der Waals surface area contributed by atoms with Gasteiger partial charge in [-0.25, -0.2) is 0 Å². The minimum Gasteiger partial charge on any atom is -0.346 e. The Morgan fingerprint density at radius 1 is 1.43 bits per heavy atom. The zero-order chi connectivity index (χ0) is 10.1. The molecule has 14 heavy (non-hydrogen) atoms. The smallest absolute Gasteiger partial charge is 0.244 e. The van der Waals surface area contributed by atoms with Gasteiger partial charge in [-0.05, 0) is 23.9 Å². The Morgan fingerprint density at radius 2 is 2.21 bits per heavy atom. The van der Waals surface area contributed by atoms with Crippen LogP contribution in [0.15, 0.2) is 11.4 Å². The summed E-state index contributed by atoms with van der Waals surface area (Å²) in [7, 11) is 3.85. The third-order valence-corrected chi connectivity index (χ3v) is 2.89. The molecular weight excluding hydrogens is 196 g/mol. The third kappa shape index (κ3) is 1.63. The number of hydrogen-bond acceptors (Lipinski definition) is 4. The highest BCUT2D eigenvalue weighted by atomic mass is 32.1. The fraction of sp³-hybridized carbons (Fsp3) is 0.333. The molecule has 0 saturated carbocycles. The molecule has 0 aromatic carbocycles. The van der Waals surface area contributed by atoms with Crippen molar-refractivity contribution in [1.82, 2.24) is 15.2 Å². The maximum atomic E-state index is 4.36. The van der Waals surface area contributed by atoms with E-state index in [0.29, 0.717) is 5.95 Å². The van der Waals surface area contributed by atoms with Gasteiger partial charge < -0.3 is 4.90 Å². The number of thiophene rings is 1. The second kappa shape index (κ2) is 3.42. The van der Waals surface area contributed by atoms with E-state index in [-0.39, 0.29) is 0 Å². The molecule has 0 aliphatic heterocycles. The highest BCUT2D eigenvalue weighted by molar-refractivity contribution is 7.13. The summed E-state index contributed by atoms with van der Waals surface area (Å²) in [5.74, 6) is 1.55. The molecule has 0 aliphatic rings. The van der Waals surface area contributed by atoms with Crippen LogP contribution in [0.4, 0.5) is 5.95 Å². The molecule has 0 spiro atoms. The molecule has 0 radical (unpaired) electrons. The van der Waals surface area contributed by atoms with Gasteiger partial charge in [0.25, 0.3) is 0 Å². The van der Waals surface area contributed by atoms with Crippen molar-refractivity contribution in [1.29, 1.82) is 0 Å². The van der Waals surface area contributed by atoms with Crippen molar-refractivity contribution in [3.63, 3.8) is 0 Å².